The van der Waals surface area contributed by atoms with Crippen LogP contribution in [0.15, 0.2) is 12.1 Å². The maximum atomic E-state index is 14.8. The maximum absolute atomic E-state index is 14.8. The molecule has 3 N–H and O–H groups in total. The Balaban J connectivity index is 1.95. The molecular weight excluding hydrogens is 435 g/mol. The van der Waals surface area contributed by atoms with Crippen molar-refractivity contribution in [1.82, 2.24) is 20.9 Å². The zero-order valence-corrected chi connectivity index (χ0v) is 16.4. The molecule has 0 aromatic heterocycles. The number of hydrogen-bond donors (Lipinski definition) is 3. The van der Waals surface area contributed by atoms with Crippen LogP contribution in [0.5, 0.6) is 0 Å². The Morgan fingerprint density at radius 3 is 2.67 bits per heavy atom. The lowest BCUT2D eigenvalue weighted by molar-refractivity contribution is -0.155. The summed E-state index contributed by atoms with van der Waals surface area (Å²) in [7, 11) is 0. The number of nitrogens with one attached hydrogen (secondary N) is 3. The van der Waals surface area contributed by atoms with Gasteiger partial charge in [-0.2, -0.15) is 13.2 Å². The van der Waals surface area contributed by atoms with E-state index in [0.717, 1.165) is 17.0 Å². The average molecular weight is 455 g/mol. The summed E-state index contributed by atoms with van der Waals surface area (Å²) in [5, 5.41) is 6.50. The van der Waals surface area contributed by atoms with Crippen molar-refractivity contribution >= 4 is 23.5 Å². The summed E-state index contributed by atoms with van der Waals surface area (Å²) >= 11 is 5.67. The lowest BCUT2D eigenvalue weighted by atomic mass is 9.90. The second kappa shape index (κ2) is 8.93. The van der Waals surface area contributed by atoms with Gasteiger partial charge in [0.2, 0.25) is 5.91 Å². The first-order valence-corrected chi connectivity index (χ1v) is 9.73. The minimum atomic E-state index is -4.49. The van der Waals surface area contributed by atoms with E-state index in [0.29, 0.717) is 12.8 Å². The van der Waals surface area contributed by atoms with E-state index in [2.05, 4.69) is 16.0 Å². The van der Waals surface area contributed by atoms with E-state index < -0.39 is 59.4 Å². The predicted molar refractivity (Wildman–Crippen MR) is 97.8 cm³/mol. The highest BCUT2D eigenvalue weighted by atomic mass is 35.5. The van der Waals surface area contributed by atoms with Crippen LogP contribution in [0.25, 0.3) is 0 Å². The molecule has 2 aliphatic heterocycles. The quantitative estimate of drug-likeness (QED) is 0.473. The molecule has 30 heavy (non-hydrogen) atoms. The normalized spacial score (nSPS) is 23.6. The Kier molecular flexibility index (Phi) is 6.71. The second-order valence-electron chi connectivity index (χ2n) is 7.31. The van der Waals surface area contributed by atoms with E-state index >= 15 is 0 Å². The van der Waals surface area contributed by atoms with Gasteiger partial charge in [0.15, 0.2) is 0 Å². The lowest BCUT2D eigenvalue weighted by Gasteiger charge is -2.41. The first-order valence-electron chi connectivity index (χ1n) is 9.36. The van der Waals surface area contributed by atoms with Crippen LogP contribution in [-0.4, -0.2) is 54.7 Å². The number of urea groups is 1. The minimum absolute atomic E-state index is 0.0268. The first-order chi connectivity index (χ1) is 14.1. The van der Waals surface area contributed by atoms with E-state index in [1.54, 1.807) is 0 Å². The number of rotatable bonds is 5. The Morgan fingerprint density at radius 2 is 2.03 bits per heavy atom. The van der Waals surface area contributed by atoms with Gasteiger partial charge in [-0.3, -0.25) is 9.69 Å². The smallest absolute Gasteiger partial charge is 0.346 e. The Bertz CT molecular complexity index is 823. The van der Waals surface area contributed by atoms with Gasteiger partial charge in [0.05, 0.1) is 12.6 Å². The highest BCUT2D eigenvalue weighted by Crippen LogP contribution is 2.34. The van der Waals surface area contributed by atoms with Crippen LogP contribution in [0.3, 0.4) is 0 Å². The van der Waals surface area contributed by atoms with Crippen molar-refractivity contribution in [2.24, 2.45) is 0 Å². The third-order valence-electron chi connectivity index (χ3n) is 5.22. The molecule has 0 radical (unpaired) electrons. The van der Waals surface area contributed by atoms with Crippen LogP contribution < -0.4 is 16.0 Å². The monoisotopic (exact) mass is 454 g/mol. The summed E-state index contributed by atoms with van der Waals surface area (Å²) in [4.78, 5) is 25.1. The predicted octanol–water partition coefficient (Wildman–Crippen LogP) is 2.87. The van der Waals surface area contributed by atoms with E-state index in [-0.39, 0.29) is 25.1 Å². The van der Waals surface area contributed by atoms with Crippen molar-refractivity contribution in [2.75, 3.05) is 19.6 Å². The van der Waals surface area contributed by atoms with Crippen LogP contribution >= 0.6 is 11.6 Å². The Morgan fingerprint density at radius 1 is 1.30 bits per heavy atom. The molecule has 0 unspecified atom stereocenters. The molecule has 2 saturated heterocycles. The van der Waals surface area contributed by atoms with Crippen molar-refractivity contribution in [3.8, 4) is 0 Å². The van der Waals surface area contributed by atoms with E-state index in [1.165, 1.54) is 0 Å². The molecular formula is C18H20ClF5N4O2. The summed E-state index contributed by atoms with van der Waals surface area (Å²) in [5.74, 6) is -2.87. The molecule has 2 heterocycles. The van der Waals surface area contributed by atoms with Gasteiger partial charge >= 0.3 is 12.2 Å². The van der Waals surface area contributed by atoms with E-state index in [9.17, 15) is 31.5 Å². The van der Waals surface area contributed by atoms with Crippen LogP contribution in [0.1, 0.15) is 30.9 Å². The molecule has 166 valence electrons. The van der Waals surface area contributed by atoms with Crippen LogP contribution in [0, 0.1) is 11.6 Å². The largest absolute Gasteiger partial charge is 0.401 e. The van der Waals surface area contributed by atoms with Gasteiger partial charge in [0, 0.05) is 18.2 Å². The number of benzene rings is 1. The highest BCUT2D eigenvalue weighted by molar-refractivity contribution is 6.31. The first kappa shape index (κ1) is 22.5. The molecule has 0 saturated carbocycles. The fourth-order valence-corrected chi connectivity index (χ4v) is 4.02. The summed E-state index contributed by atoms with van der Waals surface area (Å²) in [5.41, 5.74) is -0.217. The number of halogens is 6. The fourth-order valence-electron chi connectivity index (χ4n) is 3.85. The van der Waals surface area contributed by atoms with Crippen molar-refractivity contribution in [1.29, 1.82) is 0 Å². The van der Waals surface area contributed by atoms with Gasteiger partial charge < -0.3 is 16.0 Å². The zero-order valence-electron chi connectivity index (χ0n) is 15.7. The second-order valence-corrected chi connectivity index (χ2v) is 7.68. The van der Waals surface area contributed by atoms with Gasteiger partial charge in [-0.25, -0.2) is 13.6 Å². The van der Waals surface area contributed by atoms with Crippen molar-refractivity contribution in [2.45, 2.75) is 43.6 Å². The number of nitrogens with zero attached hydrogens (tertiary/aromatic N) is 1. The zero-order chi connectivity index (χ0) is 22.1. The van der Waals surface area contributed by atoms with Gasteiger partial charge in [0.1, 0.15) is 22.7 Å². The molecule has 3 amide bonds. The van der Waals surface area contributed by atoms with Crippen molar-refractivity contribution in [3.63, 3.8) is 0 Å². The summed E-state index contributed by atoms with van der Waals surface area (Å²) in [6, 6.07) is -1.71. The Labute approximate surface area is 174 Å². The topological polar surface area (TPSA) is 73.5 Å². The molecule has 3 rings (SSSR count). The van der Waals surface area contributed by atoms with E-state index in [4.69, 9.17) is 11.6 Å². The third-order valence-corrected chi connectivity index (χ3v) is 5.56. The van der Waals surface area contributed by atoms with Gasteiger partial charge in [-0.05, 0) is 25.5 Å². The molecule has 0 bridgehead atoms. The number of hydrogen-bond acceptors (Lipinski definition) is 3. The van der Waals surface area contributed by atoms with Gasteiger partial charge in [-0.1, -0.05) is 24.1 Å². The molecule has 3 atom stereocenters. The molecule has 1 aromatic rings. The van der Waals surface area contributed by atoms with Crippen LogP contribution in [0.2, 0.25) is 5.02 Å². The molecule has 1 aromatic carbocycles. The van der Waals surface area contributed by atoms with Crippen LogP contribution in [0.4, 0.5) is 26.7 Å². The third kappa shape index (κ3) is 5.12. The van der Waals surface area contributed by atoms with Crippen LogP contribution in [-0.2, 0) is 4.79 Å². The maximum Gasteiger partial charge on any atom is 0.401 e. The number of alkyl halides is 3. The number of amides is 3. The molecule has 0 aliphatic carbocycles. The van der Waals surface area contributed by atoms with Gasteiger partial charge in [-0.15, -0.1) is 0 Å². The summed E-state index contributed by atoms with van der Waals surface area (Å²) < 4.78 is 67.7. The molecule has 6 nitrogen and oxygen atoms in total. The number of likely N-dealkylation sites (tertiary alicyclic amines) is 1. The Hall–Kier alpha value is -2.14. The highest BCUT2D eigenvalue weighted by Gasteiger charge is 2.41. The van der Waals surface area contributed by atoms with E-state index in [1.807, 2.05) is 0 Å². The molecule has 2 fully saturated rings. The molecule has 12 heteroatoms. The number of carbonyl (C=O) groups excluding carboxylic acids is 2. The standard InChI is InChI=1S/C18H20ClF5N4O2/c19-13-10(20)5-4-9(14(13)21)15(27-16(29)11-7-25-17(30)26-11)12-3-1-2-6-28(12)8-18(22,23)24/h4-5,11-12,15H,1-3,6-8H2,(H,27,29)(H2,25,26,30)/t11-,12-,15-/m0/s1. The number of carbonyl (C=O) groups is 2. The summed E-state index contributed by atoms with van der Waals surface area (Å²) in [6.45, 7) is -1.15. The molecule has 0 spiro atoms. The minimum Gasteiger partial charge on any atom is -0.346 e. The summed E-state index contributed by atoms with van der Waals surface area (Å²) in [6.07, 6.45) is -3.15. The van der Waals surface area contributed by atoms with Crippen molar-refractivity contribution in [3.05, 3.63) is 34.4 Å². The molecule has 2 aliphatic rings. The van der Waals surface area contributed by atoms with Crippen molar-refractivity contribution < 1.29 is 31.5 Å². The SMILES string of the molecule is O=C1NC[C@@H](C(=O)N[C@@H](c2ccc(F)c(Cl)c2F)[C@@H]2CCCCN2CC(F)(F)F)N1. The lowest BCUT2D eigenvalue weighted by Crippen LogP contribution is -2.54. The average Bonchev–Trinajstić information content (AvgIpc) is 3.11. The van der Waals surface area contributed by atoms with Gasteiger partial charge in [0.25, 0.3) is 0 Å². The number of piperidine rings is 1. The fraction of sp³-hybridized carbons (Fsp3) is 0.556.